The molecule has 0 saturated heterocycles. The number of nitrogens with zero attached hydrogens (tertiary/aromatic N) is 5. The fraction of sp³-hybridized carbons (Fsp3) is 0.179. The highest BCUT2D eigenvalue weighted by atomic mass is 32.2. The van der Waals surface area contributed by atoms with Gasteiger partial charge in [0.15, 0.2) is 5.65 Å². The molecule has 5 rings (SSSR count). The Morgan fingerprint density at radius 3 is 2.45 bits per heavy atom. The fourth-order valence-corrected chi connectivity index (χ4v) is 5.30. The number of ether oxygens (including phenoxy) is 1. The third-order valence-electron chi connectivity index (χ3n) is 6.12. The average Bonchev–Trinajstić information content (AvgIpc) is 3.33. The third-order valence-corrected chi connectivity index (χ3v) is 7.58. The molecule has 0 aliphatic heterocycles. The Morgan fingerprint density at radius 2 is 1.68 bits per heavy atom. The van der Waals surface area contributed by atoms with Crippen LogP contribution in [-0.4, -0.2) is 67.2 Å². The Balaban J connectivity index is 1.66. The zero-order chi connectivity index (χ0) is 26.7. The van der Waals surface area contributed by atoms with E-state index in [1.54, 1.807) is 48.4 Å². The molecule has 0 amide bonds. The molecule has 0 radical (unpaired) electrons. The topological polar surface area (TPSA) is 102 Å². The maximum atomic E-state index is 13.0. The molecule has 1 N–H and O–H groups in total. The first-order valence-electron chi connectivity index (χ1n) is 12.0. The number of hydrogen-bond acceptors (Lipinski definition) is 7. The van der Waals surface area contributed by atoms with Crippen LogP contribution in [-0.2, 0) is 10.0 Å². The molecule has 0 atom stereocenters. The first-order valence-corrected chi connectivity index (χ1v) is 13.5. The van der Waals surface area contributed by atoms with Crippen molar-refractivity contribution in [1.82, 2.24) is 29.2 Å². The van der Waals surface area contributed by atoms with Crippen molar-refractivity contribution in [2.75, 3.05) is 34.3 Å². The summed E-state index contributed by atoms with van der Waals surface area (Å²) in [5.41, 5.74) is 5.41. The summed E-state index contributed by atoms with van der Waals surface area (Å²) < 4.78 is 35.8. The average molecular weight is 529 g/mol. The molecular weight excluding hydrogens is 500 g/mol. The molecule has 0 saturated carbocycles. The van der Waals surface area contributed by atoms with Gasteiger partial charge in [0.25, 0.3) is 0 Å². The second kappa shape index (κ2) is 10.7. The largest absolute Gasteiger partial charge is 0.497 e. The summed E-state index contributed by atoms with van der Waals surface area (Å²) in [4.78, 5) is 10.9. The molecule has 0 unspecified atom stereocenters. The highest BCUT2D eigenvalue weighted by Gasteiger charge is 2.21. The minimum atomic E-state index is -3.68. The molecule has 10 heteroatoms. The van der Waals surface area contributed by atoms with E-state index in [0.717, 1.165) is 28.1 Å². The predicted octanol–water partition coefficient (Wildman–Crippen LogP) is 3.97. The van der Waals surface area contributed by atoms with Crippen molar-refractivity contribution < 1.29 is 13.2 Å². The Labute approximate surface area is 221 Å². The van der Waals surface area contributed by atoms with Gasteiger partial charge in [-0.15, -0.1) is 0 Å². The molecule has 3 heterocycles. The molecule has 2 aromatic carbocycles. The van der Waals surface area contributed by atoms with Crippen LogP contribution >= 0.6 is 0 Å². The molecule has 194 valence electrons. The van der Waals surface area contributed by atoms with Crippen LogP contribution in [0.1, 0.15) is 0 Å². The number of aromatic nitrogens is 4. The van der Waals surface area contributed by atoms with Crippen molar-refractivity contribution in [3.63, 3.8) is 0 Å². The minimum Gasteiger partial charge on any atom is -0.497 e. The number of hydrogen-bond donors (Lipinski definition) is 1. The normalized spacial score (nSPS) is 11.8. The van der Waals surface area contributed by atoms with Gasteiger partial charge in [0, 0.05) is 42.8 Å². The third kappa shape index (κ3) is 5.14. The van der Waals surface area contributed by atoms with Gasteiger partial charge in [-0.1, -0.05) is 24.3 Å². The Bertz CT molecular complexity index is 1680. The monoisotopic (exact) mass is 528 g/mol. The lowest BCUT2D eigenvalue weighted by Gasteiger charge is -2.12. The molecule has 38 heavy (non-hydrogen) atoms. The number of methoxy groups -OCH3 is 1. The summed E-state index contributed by atoms with van der Waals surface area (Å²) in [6.07, 6.45) is 5.16. The molecule has 0 bridgehead atoms. The number of pyridine rings is 1. The molecule has 0 aliphatic rings. The molecule has 9 nitrogen and oxygen atoms in total. The summed E-state index contributed by atoms with van der Waals surface area (Å²) in [6.45, 7) is 0.916. The maximum Gasteiger partial charge on any atom is 0.240 e. The fourth-order valence-electron chi connectivity index (χ4n) is 4.23. The smallest absolute Gasteiger partial charge is 0.240 e. The first-order chi connectivity index (χ1) is 18.4. The second-order valence-corrected chi connectivity index (χ2v) is 10.8. The lowest BCUT2D eigenvalue weighted by atomic mass is 10.0. The van der Waals surface area contributed by atoms with Crippen molar-refractivity contribution in [1.29, 1.82) is 0 Å². The lowest BCUT2D eigenvalue weighted by Crippen LogP contribution is -2.31. The zero-order valence-corrected chi connectivity index (χ0v) is 22.2. The van der Waals surface area contributed by atoms with E-state index in [2.05, 4.69) is 14.7 Å². The summed E-state index contributed by atoms with van der Waals surface area (Å²) in [5.74, 6) is 0.721. The lowest BCUT2D eigenvalue weighted by molar-refractivity contribution is 0.412. The quantitative estimate of drug-likeness (QED) is 0.309. The van der Waals surface area contributed by atoms with Gasteiger partial charge in [-0.05, 0) is 62.1 Å². The van der Waals surface area contributed by atoms with Crippen molar-refractivity contribution in [3.05, 3.63) is 85.3 Å². The number of nitrogens with one attached hydrogen (secondary N) is 1. The number of likely N-dealkylation sites (N-methyl/N-ethyl adjacent to an activating group) is 1. The van der Waals surface area contributed by atoms with Crippen molar-refractivity contribution in [3.8, 4) is 39.4 Å². The molecule has 3 aromatic heterocycles. The molecule has 5 aromatic rings. The van der Waals surface area contributed by atoms with Gasteiger partial charge in [-0.25, -0.2) is 22.6 Å². The van der Waals surface area contributed by atoms with Gasteiger partial charge in [-0.2, -0.15) is 5.10 Å². The van der Waals surface area contributed by atoms with Crippen LogP contribution in [0.4, 0.5) is 0 Å². The SMILES string of the molecule is COc1cccc(-c2c(-c3ccncc3)nn3c(-c4cccc(S(=O)(=O)NCCN(C)C)c4)ccnc23)c1. The summed E-state index contributed by atoms with van der Waals surface area (Å²) in [5, 5.41) is 4.97. The Kier molecular flexibility index (Phi) is 7.19. The van der Waals surface area contributed by atoms with Crippen LogP contribution in [0.3, 0.4) is 0 Å². The van der Waals surface area contributed by atoms with Gasteiger partial charge in [0.05, 0.1) is 23.3 Å². The maximum absolute atomic E-state index is 13.0. The summed E-state index contributed by atoms with van der Waals surface area (Å²) in [7, 11) is 1.74. The first kappa shape index (κ1) is 25.5. The summed E-state index contributed by atoms with van der Waals surface area (Å²) >= 11 is 0. The van der Waals surface area contributed by atoms with E-state index in [9.17, 15) is 8.42 Å². The van der Waals surface area contributed by atoms with Crippen LogP contribution in [0.25, 0.3) is 39.3 Å². The number of fused-ring (bicyclic) bond motifs is 1. The van der Waals surface area contributed by atoms with Gasteiger partial charge < -0.3 is 9.64 Å². The highest BCUT2D eigenvalue weighted by molar-refractivity contribution is 7.89. The Morgan fingerprint density at radius 1 is 0.921 bits per heavy atom. The molecule has 0 aliphatic carbocycles. The van der Waals surface area contributed by atoms with Crippen LogP contribution in [0.2, 0.25) is 0 Å². The second-order valence-electron chi connectivity index (χ2n) is 8.99. The minimum absolute atomic E-state index is 0.188. The summed E-state index contributed by atoms with van der Waals surface area (Å²) in [6, 6.07) is 20.2. The van der Waals surface area contributed by atoms with Crippen molar-refractivity contribution in [2.45, 2.75) is 4.90 Å². The van der Waals surface area contributed by atoms with Crippen LogP contribution in [0, 0.1) is 0 Å². The van der Waals surface area contributed by atoms with Crippen LogP contribution in [0.5, 0.6) is 5.75 Å². The Hall–Kier alpha value is -4.12. The van der Waals surface area contributed by atoms with Gasteiger partial charge in [0.1, 0.15) is 11.4 Å². The van der Waals surface area contributed by atoms with Crippen LogP contribution < -0.4 is 9.46 Å². The van der Waals surface area contributed by atoms with E-state index in [1.165, 1.54) is 0 Å². The van der Waals surface area contributed by atoms with E-state index < -0.39 is 10.0 Å². The van der Waals surface area contributed by atoms with E-state index >= 15 is 0 Å². The highest BCUT2D eigenvalue weighted by Crippen LogP contribution is 2.37. The number of rotatable bonds is 9. The van der Waals surface area contributed by atoms with Crippen LogP contribution in [0.15, 0.2) is 90.2 Å². The van der Waals surface area contributed by atoms with Gasteiger partial charge in [-0.3, -0.25) is 4.98 Å². The molecular formula is C28H28N6O3S. The zero-order valence-electron chi connectivity index (χ0n) is 21.4. The van der Waals surface area contributed by atoms with E-state index in [4.69, 9.17) is 9.84 Å². The van der Waals surface area contributed by atoms with E-state index in [-0.39, 0.29) is 4.90 Å². The van der Waals surface area contributed by atoms with Gasteiger partial charge >= 0.3 is 0 Å². The predicted molar refractivity (Wildman–Crippen MR) is 147 cm³/mol. The standard InChI is InChI=1S/C28H28N6O3S/c1-33(2)17-16-31-38(35,36)24-9-5-6-21(19-24)25-12-15-30-28-26(22-7-4-8-23(18-22)37-3)27(32-34(25)28)20-10-13-29-14-11-20/h4-15,18-19,31H,16-17H2,1-3H3. The van der Waals surface area contributed by atoms with Gasteiger partial charge in [0.2, 0.25) is 10.0 Å². The number of benzene rings is 2. The number of sulfonamides is 1. The van der Waals surface area contributed by atoms with Crippen molar-refractivity contribution in [2.24, 2.45) is 0 Å². The van der Waals surface area contributed by atoms with E-state index in [0.29, 0.717) is 30.0 Å². The molecule has 0 fully saturated rings. The van der Waals surface area contributed by atoms with Crippen molar-refractivity contribution >= 4 is 15.7 Å². The molecule has 0 spiro atoms. The van der Waals surface area contributed by atoms with E-state index in [1.807, 2.05) is 67.5 Å².